The number of halogens is 2. The maximum atomic E-state index is 12.2. The number of nitrogens with one attached hydrogen (secondary N) is 2. The number of hydrazine groups is 1. The van der Waals surface area contributed by atoms with E-state index >= 15 is 0 Å². The Labute approximate surface area is 182 Å². The smallest absolute Gasteiger partial charge is 0.280 e. The molecule has 0 saturated heterocycles. The van der Waals surface area contributed by atoms with Gasteiger partial charge in [-0.05, 0) is 35.9 Å². The summed E-state index contributed by atoms with van der Waals surface area (Å²) in [5.41, 5.74) is 5.69. The van der Waals surface area contributed by atoms with E-state index in [0.29, 0.717) is 21.4 Å². The molecule has 1 heterocycles. The van der Waals surface area contributed by atoms with E-state index in [1.54, 1.807) is 48.5 Å². The summed E-state index contributed by atoms with van der Waals surface area (Å²) < 4.78 is 5.66. The number of amides is 2. The summed E-state index contributed by atoms with van der Waals surface area (Å²) in [5, 5.41) is 10.2. The van der Waals surface area contributed by atoms with Crippen molar-refractivity contribution in [1.29, 1.82) is 5.26 Å². The van der Waals surface area contributed by atoms with E-state index in [1.807, 2.05) is 18.2 Å². The molecule has 3 aromatic rings. The highest BCUT2D eigenvalue weighted by Gasteiger charge is 2.13. The first-order valence-electron chi connectivity index (χ1n) is 8.76. The molecule has 0 aliphatic carbocycles. The Hall–Kier alpha value is -3.53. The molecule has 0 fully saturated rings. The van der Waals surface area contributed by atoms with E-state index in [1.165, 1.54) is 6.08 Å². The number of rotatable bonds is 5. The lowest BCUT2D eigenvalue weighted by Crippen LogP contribution is -2.42. The van der Waals surface area contributed by atoms with E-state index < -0.39 is 11.8 Å². The fourth-order valence-corrected chi connectivity index (χ4v) is 3.08. The van der Waals surface area contributed by atoms with Crippen LogP contribution >= 0.6 is 23.2 Å². The van der Waals surface area contributed by atoms with Crippen LogP contribution in [-0.4, -0.2) is 11.8 Å². The van der Waals surface area contributed by atoms with Crippen LogP contribution in [0.4, 0.5) is 0 Å². The maximum Gasteiger partial charge on any atom is 0.280 e. The zero-order chi connectivity index (χ0) is 21.5. The van der Waals surface area contributed by atoms with Crippen LogP contribution < -0.4 is 10.9 Å². The molecule has 150 valence electrons. The molecule has 0 spiro atoms. The summed E-state index contributed by atoms with van der Waals surface area (Å²) in [6.07, 6.45) is 1.36. The normalized spacial score (nSPS) is 10.9. The number of nitriles is 1. The minimum atomic E-state index is -0.763. The third-order valence-corrected chi connectivity index (χ3v) is 4.55. The van der Waals surface area contributed by atoms with Gasteiger partial charge in [0.05, 0.1) is 11.4 Å². The average Bonchev–Trinajstić information content (AvgIpc) is 3.19. The van der Waals surface area contributed by atoms with E-state index in [0.717, 1.165) is 5.56 Å². The molecule has 0 radical (unpaired) electrons. The zero-order valence-electron chi connectivity index (χ0n) is 15.5. The summed E-state index contributed by atoms with van der Waals surface area (Å²) in [6.45, 7) is 0. The molecule has 0 saturated carbocycles. The van der Waals surface area contributed by atoms with Crippen molar-refractivity contribution in [2.24, 2.45) is 0 Å². The lowest BCUT2D eigenvalue weighted by atomic mass is 10.1. The SMILES string of the molecule is N#C/C(=C/c1ccc(-c2ccc(Cl)cc2Cl)o1)C(=O)NNC(=O)Cc1ccccc1. The van der Waals surface area contributed by atoms with E-state index in [-0.39, 0.29) is 17.8 Å². The van der Waals surface area contributed by atoms with Crippen molar-refractivity contribution in [2.45, 2.75) is 6.42 Å². The van der Waals surface area contributed by atoms with Crippen LogP contribution in [0.3, 0.4) is 0 Å². The van der Waals surface area contributed by atoms with Gasteiger partial charge in [0.2, 0.25) is 5.91 Å². The lowest BCUT2D eigenvalue weighted by molar-refractivity contribution is -0.126. The highest BCUT2D eigenvalue weighted by atomic mass is 35.5. The van der Waals surface area contributed by atoms with Gasteiger partial charge in [0.1, 0.15) is 23.2 Å². The minimum absolute atomic E-state index is 0.0934. The van der Waals surface area contributed by atoms with Gasteiger partial charge < -0.3 is 4.42 Å². The first kappa shape index (κ1) is 21.2. The van der Waals surface area contributed by atoms with Gasteiger partial charge in [-0.25, -0.2) is 0 Å². The molecule has 3 rings (SSSR count). The first-order valence-corrected chi connectivity index (χ1v) is 9.52. The minimum Gasteiger partial charge on any atom is -0.457 e. The van der Waals surface area contributed by atoms with E-state index in [4.69, 9.17) is 27.6 Å². The second-order valence-corrected chi connectivity index (χ2v) is 7.00. The number of carbonyl (C=O) groups is 2. The molecular weight excluding hydrogens is 425 g/mol. The first-order chi connectivity index (χ1) is 14.5. The third-order valence-electron chi connectivity index (χ3n) is 4.00. The molecule has 2 amide bonds. The topological polar surface area (TPSA) is 95.1 Å². The summed E-state index contributed by atoms with van der Waals surface area (Å²) in [7, 11) is 0. The Morgan fingerprint density at radius 1 is 1.03 bits per heavy atom. The van der Waals surface area contributed by atoms with Gasteiger partial charge in [0.25, 0.3) is 5.91 Å². The fraction of sp³-hybridized carbons (Fsp3) is 0.0455. The fourth-order valence-electron chi connectivity index (χ4n) is 2.57. The molecule has 0 bridgehead atoms. The van der Waals surface area contributed by atoms with Crippen molar-refractivity contribution >= 4 is 41.1 Å². The maximum absolute atomic E-state index is 12.2. The number of carbonyl (C=O) groups excluding carboxylic acids is 2. The van der Waals surface area contributed by atoms with Crippen LogP contribution in [0, 0.1) is 11.3 Å². The van der Waals surface area contributed by atoms with Crippen molar-refractivity contribution in [3.63, 3.8) is 0 Å². The molecule has 6 nitrogen and oxygen atoms in total. The van der Waals surface area contributed by atoms with Crippen molar-refractivity contribution in [1.82, 2.24) is 10.9 Å². The van der Waals surface area contributed by atoms with E-state index in [2.05, 4.69) is 10.9 Å². The summed E-state index contributed by atoms with van der Waals surface area (Å²) in [5.74, 6) is -0.444. The van der Waals surface area contributed by atoms with Crippen LogP contribution in [0.5, 0.6) is 0 Å². The molecule has 2 N–H and O–H groups in total. The number of benzene rings is 2. The molecule has 0 aliphatic rings. The Bertz CT molecular complexity index is 1150. The lowest BCUT2D eigenvalue weighted by Gasteiger charge is -2.06. The molecule has 0 atom stereocenters. The van der Waals surface area contributed by atoms with E-state index in [9.17, 15) is 14.9 Å². The van der Waals surface area contributed by atoms with Crippen LogP contribution in [-0.2, 0) is 16.0 Å². The van der Waals surface area contributed by atoms with Crippen molar-refractivity contribution in [3.8, 4) is 17.4 Å². The molecule has 0 unspecified atom stereocenters. The number of hydrogen-bond donors (Lipinski definition) is 2. The second kappa shape index (κ2) is 9.79. The molecular formula is C22H15Cl2N3O3. The standard InChI is InChI=1S/C22H15Cl2N3O3/c23-16-6-8-18(19(24)12-16)20-9-7-17(30-20)11-15(13-25)22(29)27-26-21(28)10-14-4-2-1-3-5-14/h1-9,11-12H,10H2,(H,26,28)(H,27,29)/b15-11-. The van der Waals surface area contributed by atoms with Gasteiger partial charge in [-0.1, -0.05) is 53.5 Å². The molecule has 30 heavy (non-hydrogen) atoms. The van der Waals surface area contributed by atoms with Crippen LogP contribution in [0.15, 0.2) is 70.7 Å². The number of furan rings is 1. The number of hydrogen-bond acceptors (Lipinski definition) is 4. The molecule has 8 heteroatoms. The van der Waals surface area contributed by atoms with Gasteiger partial charge in [-0.15, -0.1) is 0 Å². The van der Waals surface area contributed by atoms with Crippen molar-refractivity contribution in [2.75, 3.05) is 0 Å². The highest BCUT2D eigenvalue weighted by Crippen LogP contribution is 2.31. The van der Waals surface area contributed by atoms with Gasteiger partial charge in [-0.2, -0.15) is 5.26 Å². The Balaban J connectivity index is 1.65. The van der Waals surface area contributed by atoms with Crippen LogP contribution in [0.1, 0.15) is 11.3 Å². The largest absolute Gasteiger partial charge is 0.457 e. The predicted octanol–water partition coefficient (Wildman–Crippen LogP) is 4.55. The average molecular weight is 440 g/mol. The number of nitrogens with zero attached hydrogens (tertiary/aromatic N) is 1. The van der Waals surface area contributed by atoms with Crippen LogP contribution in [0.25, 0.3) is 17.4 Å². The molecule has 2 aromatic carbocycles. The Kier molecular flexibility index (Phi) is 6.91. The highest BCUT2D eigenvalue weighted by molar-refractivity contribution is 6.36. The zero-order valence-corrected chi connectivity index (χ0v) is 17.0. The van der Waals surface area contributed by atoms with Crippen molar-refractivity contribution in [3.05, 3.63) is 87.6 Å². The van der Waals surface area contributed by atoms with Gasteiger partial charge in [-0.3, -0.25) is 20.4 Å². The van der Waals surface area contributed by atoms with Gasteiger partial charge in [0.15, 0.2) is 0 Å². The summed E-state index contributed by atoms with van der Waals surface area (Å²) >= 11 is 12.1. The molecule has 0 aliphatic heterocycles. The third kappa shape index (κ3) is 5.51. The second-order valence-electron chi connectivity index (χ2n) is 6.16. The summed E-state index contributed by atoms with van der Waals surface area (Å²) in [6, 6.07) is 19.1. The molecule has 1 aromatic heterocycles. The van der Waals surface area contributed by atoms with Crippen LogP contribution in [0.2, 0.25) is 10.0 Å². The predicted molar refractivity (Wildman–Crippen MR) is 114 cm³/mol. The Morgan fingerprint density at radius 2 is 1.80 bits per heavy atom. The van der Waals surface area contributed by atoms with Gasteiger partial charge in [0, 0.05) is 16.7 Å². The Morgan fingerprint density at radius 3 is 2.50 bits per heavy atom. The monoisotopic (exact) mass is 439 g/mol. The summed E-state index contributed by atoms with van der Waals surface area (Å²) in [4.78, 5) is 24.1. The van der Waals surface area contributed by atoms with Gasteiger partial charge >= 0.3 is 0 Å². The van der Waals surface area contributed by atoms with Crippen molar-refractivity contribution < 1.29 is 14.0 Å². The quantitative estimate of drug-likeness (QED) is 0.346.